The fraction of sp³-hybridized carbons (Fsp3) is 0.200. The van der Waals surface area contributed by atoms with Gasteiger partial charge in [0.2, 0.25) is 0 Å². The van der Waals surface area contributed by atoms with Crippen molar-refractivity contribution in [1.29, 1.82) is 0 Å². The molecule has 102 valence electrons. The highest BCUT2D eigenvalue weighted by Crippen LogP contribution is 2.32. The minimum absolute atomic E-state index is 0.885. The van der Waals surface area contributed by atoms with Crippen LogP contribution in [0.1, 0.15) is 12.5 Å². The Bertz CT molecular complexity index is 676. The van der Waals surface area contributed by atoms with Gasteiger partial charge in [0.15, 0.2) is 4.34 Å². The van der Waals surface area contributed by atoms with Gasteiger partial charge in [-0.2, -0.15) is 0 Å². The number of hydrogen-bond donors (Lipinski definition) is 1. The molecule has 0 saturated carbocycles. The van der Waals surface area contributed by atoms with Gasteiger partial charge in [-0.3, -0.25) is 0 Å². The molecule has 0 aliphatic rings. The molecule has 3 nitrogen and oxygen atoms in total. The maximum Gasteiger partial charge on any atom is 0.151 e. The Hall–Kier alpha value is -1.59. The average Bonchev–Trinajstić information content (AvgIpc) is 2.89. The molecule has 0 aliphatic carbocycles. The van der Waals surface area contributed by atoms with E-state index in [0.29, 0.717) is 0 Å². The summed E-state index contributed by atoms with van der Waals surface area (Å²) in [5.74, 6) is 1.86. The zero-order valence-corrected chi connectivity index (χ0v) is 12.8. The molecule has 3 rings (SSSR count). The first-order chi connectivity index (χ1) is 9.86. The Morgan fingerprint density at radius 1 is 1.20 bits per heavy atom. The van der Waals surface area contributed by atoms with Crippen LogP contribution in [-0.2, 0) is 5.75 Å². The van der Waals surface area contributed by atoms with Crippen molar-refractivity contribution < 1.29 is 0 Å². The molecule has 0 atom stereocenters. The van der Waals surface area contributed by atoms with E-state index in [1.54, 1.807) is 23.1 Å². The first-order valence-corrected chi connectivity index (χ1v) is 8.33. The van der Waals surface area contributed by atoms with E-state index >= 15 is 0 Å². The Morgan fingerprint density at radius 3 is 2.95 bits per heavy atom. The molecule has 0 bridgehead atoms. The van der Waals surface area contributed by atoms with Crippen molar-refractivity contribution in [2.75, 3.05) is 11.9 Å². The van der Waals surface area contributed by atoms with Gasteiger partial charge in [-0.15, -0.1) is 11.3 Å². The minimum atomic E-state index is 0.885. The maximum atomic E-state index is 4.64. The summed E-state index contributed by atoms with van der Waals surface area (Å²) >= 11 is 3.51. The summed E-state index contributed by atoms with van der Waals surface area (Å²) in [6, 6.07) is 12.4. The second kappa shape index (κ2) is 6.24. The van der Waals surface area contributed by atoms with E-state index in [-0.39, 0.29) is 0 Å². The molecule has 20 heavy (non-hydrogen) atoms. The highest BCUT2D eigenvalue weighted by molar-refractivity contribution is 8.00. The third kappa shape index (κ3) is 2.94. The van der Waals surface area contributed by atoms with Gasteiger partial charge in [-0.1, -0.05) is 30.0 Å². The van der Waals surface area contributed by atoms with Gasteiger partial charge >= 0.3 is 0 Å². The molecule has 1 N–H and O–H groups in total. The molecule has 2 aromatic heterocycles. The van der Waals surface area contributed by atoms with Crippen LogP contribution in [0.2, 0.25) is 0 Å². The Morgan fingerprint density at radius 2 is 2.10 bits per heavy atom. The van der Waals surface area contributed by atoms with Gasteiger partial charge in [0.05, 0.1) is 10.2 Å². The summed E-state index contributed by atoms with van der Waals surface area (Å²) in [4.78, 5) is 9.03. The summed E-state index contributed by atoms with van der Waals surface area (Å²) < 4.78 is 2.35. The summed E-state index contributed by atoms with van der Waals surface area (Å²) in [5.41, 5.74) is 2.30. The quantitative estimate of drug-likeness (QED) is 0.708. The molecule has 2 heterocycles. The number of nitrogens with one attached hydrogen (secondary N) is 1. The number of rotatable bonds is 5. The summed E-state index contributed by atoms with van der Waals surface area (Å²) in [5, 5.41) is 3.30. The standard InChI is InChI=1S/C15H15N3S2/c1-2-16-14-11(6-5-9-17-14)10-19-15-18-12-7-3-4-8-13(12)20-15/h3-9H,2,10H2,1H3,(H,16,17). The Balaban J connectivity index is 1.76. The lowest BCUT2D eigenvalue weighted by molar-refractivity contribution is 1.13. The van der Waals surface area contributed by atoms with Gasteiger partial charge in [0.1, 0.15) is 5.82 Å². The molecule has 5 heteroatoms. The Labute approximate surface area is 126 Å². The predicted molar refractivity (Wildman–Crippen MR) is 87.6 cm³/mol. The number of hydrogen-bond acceptors (Lipinski definition) is 5. The van der Waals surface area contributed by atoms with Crippen LogP contribution in [0.15, 0.2) is 46.9 Å². The molecule has 0 amide bonds. The number of anilines is 1. The van der Waals surface area contributed by atoms with Crippen molar-refractivity contribution in [3.05, 3.63) is 48.2 Å². The van der Waals surface area contributed by atoms with Crippen LogP contribution in [0.4, 0.5) is 5.82 Å². The van der Waals surface area contributed by atoms with Crippen molar-refractivity contribution in [3.63, 3.8) is 0 Å². The van der Waals surface area contributed by atoms with Crippen LogP contribution >= 0.6 is 23.1 Å². The number of nitrogens with zero attached hydrogens (tertiary/aromatic N) is 2. The largest absolute Gasteiger partial charge is 0.370 e. The van der Waals surface area contributed by atoms with E-state index < -0.39 is 0 Å². The lowest BCUT2D eigenvalue weighted by Gasteiger charge is -2.07. The first kappa shape index (κ1) is 13.4. The fourth-order valence-corrected chi connectivity index (χ4v) is 3.99. The van der Waals surface area contributed by atoms with E-state index in [1.807, 2.05) is 18.3 Å². The van der Waals surface area contributed by atoms with Gasteiger partial charge in [-0.05, 0) is 25.1 Å². The van der Waals surface area contributed by atoms with Gasteiger partial charge in [0.25, 0.3) is 0 Å². The minimum Gasteiger partial charge on any atom is -0.370 e. The van der Waals surface area contributed by atoms with Crippen molar-refractivity contribution in [1.82, 2.24) is 9.97 Å². The molecular formula is C15H15N3S2. The highest BCUT2D eigenvalue weighted by Gasteiger charge is 2.07. The van der Waals surface area contributed by atoms with Crippen molar-refractivity contribution in [2.45, 2.75) is 17.0 Å². The number of fused-ring (bicyclic) bond motifs is 1. The molecule has 0 aliphatic heterocycles. The second-order valence-electron chi connectivity index (χ2n) is 4.28. The number of thiazole rings is 1. The fourth-order valence-electron chi connectivity index (χ4n) is 1.93. The molecular weight excluding hydrogens is 286 g/mol. The van der Waals surface area contributed by atoms with E-state index in [9.17, 15) is 0 Å². The van der Waals surface area contributed by atoms with Crippen LogP contribution in [-0.4, -0.2) is 16.5 Å². The highest BCUT2D eigenvalue weighted by atomic mass is 32.2. The second-order valence-corrected chi connectivity index (χ2v) is 6.53. The van der Waals surface area contributed by atoms with Crippen molar-refractivity contribution in [2.24, 2.45) is 0 Å². The summed E-state index contributed by atoms with van der Waals surface area (Å²) in [6.45, 7) is 2.97. The summed E-state index contributed by atoms with van der Waals surface area (Å²) in [6.07, 6.45) is 1.82. The van der Waals surface area contributed by atoms with Gasteiger partial charge in [-0.25, -0.2) is 9.97 Å². The molecule has 0 fully saturated rings. The normalized spacial score (nSPS) is 10.8. The zero-order chi connectivity index (χ0) is 13.8. The number of thioether (sulfide) groups is 1. The van der Waals surface area contributed by atoms with Crippen molar-refractivity contribution in [3.8, 4) is 0 Å². The molecule has 0 unspecified atom stereocenters. The smallest absolute Gasteiger partial charge is 0.151 e. The van der Waals surface area contributed by atoms with Gasteiger partial charge in [0, 0.05) is 24.1 Å². The molecule has 0 saturated heterocycles. The van der Waals surface area contributed by atoms with E-state index in [1.165, 1.54) is 10.3 Å². The van der Waals surface area contributed by atoms with Crippen LogP contribution in [0, 0.1) is 0 Å². The van der Waals surface area contributed by atoms with E-state index in [0.717, 1.165) is 28.0 Å². The number of pyridine rings is 1. The first-order valence-electron chi connectivity index (χ1n) is 6.53. The van der Waals surface area contributed by atoms with Crippen LogP contribution < -0.4 is 5.32 Å². The van der Waals surface area contributed by atoms with Crippen LogP contribution in [0.3, 0.4) is 0 Å². The number of benzene rings is 1. The number of aromatic nitrogens is 2. The molecule has 0 radical (unpaired) electrons. The molecule has 0 spiro atoms. The third-order valence-electron chi connectivity index (χ3n) is 2.86. The maximum absolute atomic E-state index is 4.64. The summed E-state index contributed by atoms with van der Waals surface area (Å²) in [7, 11) is 0. The SMILES string of the molecule is CCNc1ncccc1CSc1nc2ccccc2s1. The topological polar surface area (TPSA) is 37.8 Å². The monoisotopic (exact) mass is 301 g/mol. The zero-order valence-electron chi connectivity index (χ0n) is 11.2. The molecule has 1 aromatic carbocycles. The van der Waals surface area contributed by atoms with E-state index in [4.69, 9.17) is 0 Å². The van der Waals surface area contributed by atoms with Crippen molar-refractivity contribution >= 4 is 39.1 Å². The number of para-hydroxylation sites is 1. The lowest BCUT2D eigenvalue weighted by Crippen LogP contribution is -2.02. The average molecular weight is 301 g/mol. The van der Waals surface area contributed by atoms with Gasteiger partial charge < -0.3 is 5.32 Å². The lowest BCUT2D eigenvalue weighted by atomic mass is 10.3. The predicted octanol–water partition coefficient (Wildman–Crippen LogP) is 4.42. The van der Waals surface area contributed by atoms with Crippen LogP contribution in [0.5, 0.6) is 0 Å². The van der Waals surface area contributed by atoms with E-state index in [2.05, 4.69) is 46.5 Å². The van der Waals surface area contributed by atoms with Crippen LogP contribution in [0.25, 0.3) is 10.2 Å². The molecule has 3 aromatic rings. The third-order valence-corrected chi connectivity index (χ3v) is 5.09. The Kier molecular flexibility index (Phi) is 4.18.